The molecule has 1 aromatic rings. The molecule has 1 aliphatic rings. The standard InChI is InChI=1S/C16H29N5/c1-6-8-17-15-13(4)16(19-14(5)18-15)21-10-9-20(7-2)12(3)11-21/h12H,6-11H2,1-5H3,(H,17,18,19). The number of rotatable bonds is 5. The Balaban J connectivity index is 2.21. The van der Waals surface area contributed by atoms with Crippen LogP contribution in [0, 0.1) is 13.8 Å². The number of nitrogens with one attached hydrogen (secondary N) is 1. The Labute approximate surface area is 128 Å². The summed E-state index contributed by atoms with van der Waals surface area (Å²) in [7, 11) is 0. The average Bonchev–Trinajstić information content (AvgIpc) is 2.47. The predicted molar refractivity (Wildman–Crippen MR) is 89.2 cm³/mol. The maximum Gasteiger partial charge on any atom is 0.137 e. The van der Waals surface area contributed by atoms with Crippen molar-refractivity contribution in [1.82, 2.24) is 14.9 Å². The molecule has 0 amide bonds. The van der Waals surface area contributed by atoms with Crippen molar-refractivity contribution in [1.29, 1.82) is 0 Å². The van der Waals surface area contributed by atoms with E-state index < -0.39 is 0 Å². The second kappa shape index (κ2) is 7.07. The maximum absolute atomic E-state index is 4.71. The first-order valence-electron chi connectivity index (χ1n) is 8.14. The minimum atomic E-state index is 0.575. The molecule has 118 valence electrons. The lowest BCUT2D eigenvalue weighted by molar-refractivity contribution is 0.199. The van der Waals surface area contributed by atoms with Gasteiger partial charge in [-0.2, -0.15) is 0 Å². The Morgan fingerprint density at radius 1 is 1.19 bits per heavy atom. The van der Waals surface area contributed by atoms with E-state index in [-0.39, 0.29) is 0 Å². The summed E-state index contributed by atoms with van der Waals surface area (Å²) >= 11 is 0. The van der Waals surface area contributed by atoms with Crippen LogP contribution in [0.1, 0.15) is 38.6 Å². The van der Waals surface area contributed by atoms with Gasteiger partial charge in [0.1, 0.15) is 17.5 Å². The molecule has 0 radical (unpaired) electrons. The molecule has 5 heteroatoms. The number of piperazine rings is 1. The zero-order valence-electron chi connectivity index (χ0n) is 14.1. The van der Waals surface area contributed by atoms with Crippen LogP contribution in [0.15, 0.2) is 0 Å². The fourth-order valence-corrected chi connectivity index (χ4v) is 2.99. The van der Waals surface area contributed by atoms with E-state index in [0.717, 1.165) is 56.6 Å². The molecule has 0 aliphatic carbocycles. The van der Waals surface area contributed by atoms with Gasteiger partial charge in [0.25, 0.3) is 0 Å². The Morgan fingerprint density at radius 2 is 1.95 bits per heavy atom. The van der Waals surface area contributed by atoms with Gasteiger partial charge in [0.05, 0.1) is 0 Å². The second-order valence-corrected chi connectivity index (χ2v) is 5.92. The van der Waals surface area contributed by atoms with Crippen molar-refractivity contribution >= 4 is 11.6 Å². The van der Waals surface area contributed by atoms with Crippen LogP contribution in [0.5, 0.6) is 0 Å². The highest BCUT2D eigenvalue weighted by atomic mass is 15.3. The number of likely N-dealkylation sites (N-methyl/N-ethyl adjacent to an activating group) is 1. The van der Waals surface area contributed by atoms with Crippen LogP contribution in [0.2, 0.25) is 0 Å². The van der Waals surface area contributed by atoms with Crippen LogP contribution in [0.4, 0.5) is 11.6 Å². The highest BCUT2D eigenvalue weighted by molar-refractivity contribution is 5.59. The molecule has 1 saturated heterocycles. The van der Waals surface area contributed by atoms with Crippen molar-refractivity contribution in [3.05, 3.63) is 11.4 Å². The van der Waals surface area contributed by atoms with Crippen LogP contribution in [-0.2, 0) is 0 Å². The zero-order valence-corrected chi connectivity index (χ0v) is 14.1. The molecule has 2 heterocycles. The molecule has 0 saturated carbocycles. The Bertz CT molecular complexity index is 474. The Hall–Kier alpha value is -1.36. The van der Waals surface area contributed by atoms with Crippen molar-refractivity contribution < 1.29 is 0 Å². The summed E-state index contributed by atoms with van der Waals surface area (Å²) in [6.07, 6.45) is 1.10. The van der Waals surface area contributed by atoms with Gasteiger partial charge in [-0.15, -0.1) is 0 Å². The summed E-state index contributed by atoms with van der Waals surface area (Å²) in [6.45, 7) is 16.1. The van der Waals surface area contributed by atoms with Gasteiger partial charge in [-0.1, -0.05) is 13.8 Å². The number of hydrogen-bond donors (Lipinski definition) is 1. The summed E-state index contributed by atoms with van der Waals surface area (Å²) in [5.41, 5.74) is 1.17. The lowest BCUT2D eigenvalue weighted by Gasteiger charge is -2.40. The third kappa shape index (κ3) is 3.64. The van der Waals surface area contributed by atoms with Crippen LogP contribution < -0.4 is 10.2 Å². The number of nitrogens with zero attached hydrogens (tertiary/aromatic N) is 4. The number of aryl methyl sites for hydroxylation is 1. The fourth-order valence-electron chi connectivity index (χ4n) is 2.99. The van der Waals surface area contributed by atoms with Crippen LogP contribution in [-0.4, -0.2) is 53.6 Å². The first-order valence-corrected chi connectivity index (χ1v) is 8.14. The van der Waals surface area contributed by atoms with Crippen molar-refractivity contribution in [2.24, 2.45) is 0 Å². The molecule has 1 aromatic heterocycles. The normalized spacial score (nSPS) is 19.9. The topological polar surface area (TPSA) is 44.3 Å². The molecule has 5 nitrogen and oxygen atoms in total. The molecular formula is C16H29N5. The summed E-state index contributed by atoms with van der Waals surface area (Å²) < 4.78 is 0. The molecule has 0 aromatic carbocycles. The van der Waals surface area contributed by atoms with Gasteiger partial charge in [0.2, 0.25) is 0 Å². The third-order valence-corrected chi connectivity index (χ3v) is 4.25. The van der Waals surface area contributed by atoms with E-state index in [0.29, 0.717) is 6.04 Å². The molecule has 0 spiro atoms. The monoisotopic (exact) mass is 291 g/mol. The van der Waals surface area contributed by atoms with Crippen molar-refractivity contribution in [3.63, 3.8) is 0 Å². The Kier molecular flexibility index (Phi) is 5.39. The van der Waals surface area contributed by atoms with Gasteiger partial charge in [-0.3, -0.25) is 4.90 Å². The van der Waals surface area contributed by atoms with E-state index in [9.17, 15) is 0 Å². The van der Waals surface area contributed by atoms with Gasteiger partial charge in [-0.25, -0.2) is 9.97 Å². The minimum Gasteiger partial charge on any atom is -0.370 e. The highest BCUT2D eigenvalue weighted by Crippen LogP contribution is 2.25. The lowest BCUT2D eigenvalue weighted by atomic mass is 10.1. The number of anilines is 2. The number of hydrogen-bond acceptors (Lipinski definition) is 5. The minimum absolute atomic E-state index is 0.575. The summed E-state index contributed by atoms with van der Waals surface area (Å²) in [6, 6.07) is 0.575. The molecule has 2 rings (SSSR count). The SMILES string of the molecule is CCCNc1nc(C)nc(N2CCN(CC)C(C)C2)c1C. The maximum atomic E-state index is 4.71. The van der Waals surface area contributed by atoms with Crippen molar-refractivity contribution in [3.8, 4) is 0 Å². The third-order valence-electron chi connectivity index (χ3n) is 4.25. The summed E-state index contributed by atoms with van der Waals surface area (Å²) in [5.74, 6) is 2.94. The van der Waals surface area contributed by atoms with Crippen molar-refractivity contribution in [2.75, 3.05) is 42.9 Å². The van der Waals surface area contributed by atoms with E-state index in [1.165, 1.54) is 5.56 Å². The van der Waals surface area contributed by atoms with E-state index in [1.807, 2.05) is 6.92 Å². The van der Waals surface area contributed by atoms with Gasteiger partial charge in [0.15, 0.2) is 0 Å². The van der Waals surface area contributed by atoms with Gasteiger partial charge < -0.3 is 10.2 Å². The second-order valence-electron chi connectivity index (χ2n) is 5.92. The molecule has 21 heavy (non-hydrogen) atoms. The fraction of sp³-hybridized carbons (Fsp3) is 0.750. The average molecular weight is 291 g/mol. The van der Waals surface area contributed by atoms with E-state index in [1.54, 1.807) is 0 Å². The molecular weight excluding hydrogens is 262 g/mol. The van der Waals surface area contributed by atoms with E-state index in [4.69, 9.17) is 4.98 Å². The van der Waals surface area contributed by atoms with Gasteiger partial charge in [0, 0.05) is 37.8 Å². The highest BCUT2D eigenvalue weighted by Gasteiger charge is 2.25. The smallest absolute Gasteiger partial charge is 0.137 e. The first kappa shape index (κ1) is 16.0. The predicted octanol–water partition coefficient (Wildman–Crippen LogP) is 2.45. The summed E-state index contributed by atoms with van der Waals surface area (Å²) in [4.78, 5) is 14.2. The largest absolute Gasteiger partial charge is 0.370 e. The molecule has 1 unspecified atom stereocenters. The lowest BCUT2D eigenvalue weighted by Crippen LogP contribution is -2.52. The van der Waals surface area contributed by atoms with Crippen LogP contribution in [0.25, 0.3) is 0 Å². The quantitative estimate of drug-likeness (QED) is 0.903. The first-order chi connectivity index (χ1) is 10.1. The Morgan fingerprint density at radius 3 is 2.57 bits per heavy atom. The van der Waals surface area contributed by atoms with E-state index >= 15 is 0 Å². The molecule has 1 aliphatic heterocycles. The molecule has 1 N–H and O–H groups in total. The zero-order chi connectivity index (χ0) is 15.4. The molecule has 1 fully saturated rings. The van der Waals surface area contributed by atoms with Crippen LogP contribution >= 0.6 is 0 Å². The van der Waals surface area contributed by atoms with Crippen molar-refractivity contribution in [2.45, 2.75) is 47.1 Å². The summed E-state index contributed by atoms with van der Waals surface area (Å²) in [5, 5.41) is 3.43. The van der Waals surface area contributed by atoms with E-state index in [2.05, 4.69) is 47.8 Å². The van der Waals surface area contributed by atoms with Gasteiger partial charge >= 0.3 is 0 Å². The number of aromatic nitrogens is 2. The van der Waals surface area contributed by atoms with Gasteiger partial charge in [-0.05, 0) is 33.7 Å². The van der Waals surface area contributed by atoms with Crippen LogP contribution in [0.3, 0.4) is 0 Å². The molecule has 1 atom stereocenters. The molecule has 0 bridgehead atoms.